The molecule has 2 aromatic heterocycles. The van der Waals surface area contributed by atoms with Gasteiger partial charge in [0.2, 0.25) is 0 Å². The normalized spacial score (nSPS) is 10.7. The van der Waals surface area contributed by atoms with Crippen LogP contribution >= 0.6 is 0 Å². The maximum Gasteiger partial charge on any atom is 0.343 e. The standard InChI is InChI=1S/C44H32N2O11.C27H22O6/c1-23(2)43(51)56-29-14-10-27(11-15-29)53-37-20-31(9-7-25(37)5)55-36-18-8-26(19-38(36)54-28-12-16-30(17-13-28)57-44(52)24(3)4)46-41(49)34-21-32-33(22-35(34)42(46)50)40(48)45(6)39(32)47;1-17(2)25(28)31-22-11-9-20(10-12-22)19-5-7-21(8-6-19)27(30)33-24-15-13-23(14-16-24)32-26(29)18(3)4/h7-22H,1,3H2,2,4-6H3;5-16H,1,3H2,2,4H3. The number of nitrogens with zero attached hydrogens (tertiary/aromatic N) is 2. The topological polar surface area (TPSA) is 237 Å². The number of esters is 5. The van der Waals surface area contributed by atoms with Gasteiger partial charge in [-0.15, -0.1) is 0 Å². The van der Waals surface area contributed by atoms with Crippen LogP contribution in [0.1, 0.15) is 43.6 Å². The average molecular weight is 1210 g/mol. The molecule has 10 rings (SSSR count). The van der Waals surface area contributed by atoms with Gasteiger partial charge in [-0.2, -0.15) is 0 Å². The van der Waals surface area contributed by atoms with Gasteiger partial charge in [-0.25, -0.2) is 28.5 Å². The lowest BCUT2D eigenvalue weighted by atomic mass is 10.0. The molecule has 0 spiro atoms. The Kier molecular flexibility index (Phi) is 18.4. The van der Waals surface area contributed by atoms with Gasteiger partial charge in [-0.05, 0) is 179 Å². The van der Waals surface area contributed by atoms with E-state index < -0.39 is 52.1 Å². The van der Waals surface area contributed by atoms with E-state index in [2.05, 4.69) is 26.3 Å². The molecule has 450 valence electrons. The minimum Gasteiger partial charge on any atom is -0.457 e. The van der Waals surface area contributed by atoms with Gasteiger partial charge in [0.15, 0.2) is 11.5 Å². The third-order valence-electron chi connectivity index (χ3n) is 13.3. The smallest absolute Gasteiger partial charge is 0.343 e. The third kappa shape index (κ3) is 14.3. The molecule has 19 nitrogen and oxygen atoms in total. The minimum absolute atomic E-state index is 0.0207. The van der Waals surface area contributed by atoms with Gasteiger partial charge in [0.1, 0.15) is 51.7 Å². The number of carbonyl (C=O) groups is 5. The molecule has 0 unspecified atom stereocenters. The Morgan fingerprint density at radius 2 is 0.678 bits per heavy atom. The molecule has 10 aromatic rings. The zero-order valence-electron chi connectivity index (χ0n) is 49.3. The van der Waals surface area contributed by atoms with Gasteiger partial charge < -0.3 is 37.9 Å². The highest BCUT2D eigenvalue weighted by atomic mass is 16.6. The van der Waals surface area contributed by atoms with Crippen LogP contribution in [0.3, 0.4) is 0 Å². The predicted octanol–water partition coefficient (Wildman–Crippen LogP) is 12.6. The first-order chi connectivity index (χ1) is 42.9. The predicted molar refractivity (Wildman–Crippen MR) is 337 cm³/mol. The van der Waals surface area contributed by atoms with Crippen LogP contribution in [0.25, 0.3) is 38.4 Å². The summed E-state index contributed by atoms with van der Waals surface area (Å²) in [6.07, 6.45) is 0. The van der Waals surface area contributed by atoms with Gasteiger partial charge in [0.25, 0.3) is 22.2 Å². The van der Waals surface area contributed by atoms with Crippen molar-refractivity contribution in [2.75, 3.05) is 0 Å². The second-order valence-corrected chi connectivity index (χ2v) is 20.5. The second kappa shape index (κ2) is 26.6. The van der Waals surface area contributed by atoms with Crippen LogP contribution < -0.4 is 60.1 Å². The molecule has 0 aliphatic heterocycles. The maximum absolute atomic E-state index is 13.7. The van der Waals surface area contributed by atoms with E-state index in [1.807, 2.05) is 19.1 Å². The van der Waals surface area contributed by atoms with Crippen molar-refractivity contribution < 1.29 is 61.9 Å². The third-order valence-corrected chi connectivity index (χ3v) is 13.3. The number of aryl methyl sites for hydroxylation is 1. The summed E-state index contributed by atoms with van der Waals surface area (Å²) < 4.78 is 46.7. The molecule has 19 heteroatoms. The van der Waals surface area contributed by atoms with Gasteiger partial charge in [0.05, 0.1) is 32.8 Å². The Hall–Kier alpha value is -12.3. The summed E-state index contributed by atoms with van der Waals surface area (Å²) in [5.41, 5.74) is 1.63. The van der Waals surface area contributed by atoms with Crippen LogP contribution in [-0.4, -0.2) is 39.0 Å². The van der Waals surface area contributed by atoms with Crippen molar-refractivity contribution in [3.63, 3.8) is 0 Å². The summed E-state index contributed by atoms with van der Waals surface area (Å²) in [4.78, 5) is 112. The monoisotopic (exact) mass is 1210 g/mol. The molecule has 8 aromatic carbocycles. The summed E-state index contributed by atoms with van der Waals surface area (Å²) in [5, 5.41) is 0.0362. The molecule has 0 N–H and O–H groups in total. The summed E-state index contributed by atoms with van der Waals surface area (Å²) >= 11 is 0. The molecule has 0 saturated carbocycles. The molecule has 0 radical (unpaired) electrons. The van der Waals surface area contributed by atoms with E-state index in [9.17, 15) is 43.2 Å². The number of fused-ring (bicyclic) bond motifs is 2. The summed E-state index contributed by atoms with van der Waals surface area (Å²) in [5.74, 6) is 0.805. The molecule has 0 amide bonds. The van der Waals surface area contributed by atoms with Crippen molar-refractivity contribution in [3.05, 3.63) is 271 Å². The number of ether oxygens (including phenoxy) is 8. The summed E-state index contributed by atoms with van der Waals surface area (Å²) in [6, 6.07) is 44.8. The Balaban J connectivity index is 0.000000247. The van der Waals surface area contributed by atoms with E-state index in [0.717, 1.165) is 25.8 Å². The first kappa shape index (κ1) is 62.3. The van der Waals surface area contributed by atoms with Crippen molar-refractivity contribution in [1.29, 1.82) is 0 Å². The summed E-state index contributed by atoms with van der Waals surface area (Å²) in [6.45, 7) is 22.3. The molecule has 0 bridgehead atoms. The largest absolute Gasteiger partial charge is 0.457 e. The lowest BCUT2D eigenvalue weighted by Gasteiger charge is -2.16. The minimum atomic E-state index is -0.696. The van der Waals surface area contributed by atoms with Gasteiger partial charge in [-0.1, -0.05) is 56.6 Å². The number of hydrogen-bond acceptors (Lipinski definition) is 17. The second-order valence-electron chi connectivity index (χ2n) is 20.5. The van der Waals surface area contributed by atoms with E-state index in [-0.39, 0.29) is 66.9 Å². The molecule has 90 heavy (non-hydrogen) atoms. The van der Waals surface area contributed by atoms with E-state index in [1.165, 1.54) is 80.7 Å². The van der Waals surface area contributed by atoms with Crippen molar-refractivity contribution in [3.8, 4) is 80.1 Å². The quantitative estimate of drug-likeness (QED) is 0.0441. The average Bonchev–Trinajstić information content (AvgIpc) is 1.58. The van der Waals surface area contributed by atoms with Crippen molar-refractivity contribution in [2.24, 2.45) is 7.05 Å². The van der Waals surface area contributed by atoms with Gasteiger partial charge >= 0.3 is 29.8 Å². The van der Waals surface area contributed by atoms with Gasteiger partial charge in [0, 0.05) is 41.5 Å². The molecular weight excluding hydrogens is 1150 g/mol. The molecule has 0 aliphatic carbocycles. The first-order valence-electron chi connectivity index (χ1n) is 27.3. The lowest BCUT2D eigenvalue weighted by Crippen LogP contribution is -2.23. The van der Waals surface area contributed by atoms with Crippen molar-refractivity contribution in [2.45, 2.75) is 34.6 Å². The molecule has 0 fully saturated rings. The van der Waals surface area contributed by atoms with E-state index in [1.54, 1.807) is 112 Å². The first-order valence-corrected chi connectivity index (χ1v) is 27.3. The maximum atomic E-state index is 13.7. The fourth-order valence-corrected chi connectivity index (χ4v) is 8.45. The Bertz CT molecular complexity index is 4700. The Morgan fingerprint density at radius 3 is 1.09 bits per heavy atom. The van der Waals surface area contributed by atoms with E-state index in [0.29, 0.717) is 51.4 Å². The van der Waals surface area contributed by atoms with Crippen LogP contribution in [0.5, 0.6) is 63.2 Å². The highest BCUT2D eigenvalue weighted by Crippen LogP contribution is 2.39. The van der Waals surface area contributed by atoms with Gasteiger partial charge in [-0.3, -0.25) is 23.7 Å². The zero-order chi connectivity index (χ0) is 64.7. The molecule has 0 saturated heterocycles. The molecule has 0 aliphatic rings. The van der Waals surface area contributed by atoms with Crippen LogP contribution in [-0.2, 0) is 26.2 Å². The van der Waals surface area contributed by atoms with Crippen LogP contribution in [0.15, 0.2) is 238 Å². The molecular formula is C71H54N2O17. The van der Waals surface area contributed by atoms with E-state index in [4.69, 9.17) is 37.9 Å². The molecule has 2 heterocycles. The Morgan fingerprint density at radius 1 is 0.344 bits per heavy atom. The van der Waals surface area contributed by atoms with Crippen molar-refractivity contribution >= 4 is 51.4 Å². The zero-order valence-corrected chi connectivity index (χ0v) is 49.3. The highest BCUT2D eigenvalue weighted by molar-refractivity contribution is 5.98. The fraction of sp³-hybridized carbons (Fsp3) is 0.0845. The van der Waals surface area contributed by atoms with Crippen molar-refractivity contribution in [1.82, 2.24) is 9.13 Å². The van der Waals surface area contributed by atoms with Crippen LogP contribution in [0, 0.1) is 6.92 Å². The van der Waals surface area contributed by atoms with E-state index >= 15 is 0 Å². The van der Waals surface area contributed by atoms with Crippen LogP contribution in [0.2, 0.25) is 0 Å². The van der Waals surface area contributed by atoms with Crippen LogP contribution in [0.4, 0.5) is 0 Å². The number of carbonyl (C=O) groups excluding carboxylic acids is 5. The number of hydrogen-bond donors (Lipinski definition) is 0. The number of aromatic nitrogens is 2. The SMILES string of the molecule is C=C(C)C(=O)Oc1ccc(OC(=O)c2ccc(-c3ccc(OC(=O)C(=C)C)cc3)cc2)cc1.C=C(C)C(=O)Oc1ccc(Oc2cc(Oc3ccc(-n4c(=O)c5cc6c(=O)n(C)c(=O)c6cc5c4=O)cc3Oc3ccc(OC(=O)C(=C)C)cc3)ccc2C)cc1. The number of benzene rings is 8. The molecule has 0 atom stereocenters. The Labute approximate surface area is 513 Å². The summed E-state index contributed by atoms with van der Waals surface area (Å²) in [7, 11) is 1.33. The fourth-order valence-electron chi connectivity index (χ4n) is 8.45. The lowest BCUT2D eigenvalue weighted by molar-refractivity contribution is -0.130. The highest BCUT2D eigenvalue weighted by Gasteiger charge is 2.22. The number of rotatable bonds is 18.